The zero-order valence-corrected chi connectivity index (χ0v) is 8.78. The summed E-state index contributed by atoms with van der Waals surface area (Å²) in [6.45, 7) is 0. The summed E-state index contributed by atoms with van der Waals surface area (Å²) in [5.74, 6) is 0. The van der Waals surface area contributed by atoms with Crippen molar-refractivity contribution >= 4 is 22.0 Å². The average molecular weight is 213 g/mol. The van der Waals surface area contributed by atoms with E-state index in [9.17, 15) is 13.2 Å². The van der Waals surface area contributed by atoms with Gasteiger partial charge in [0.05, 0.1) is 11.9 Å². The predicted molar refractivity (Wildman–Crippen MR) is 55.1 cm³/mol. The van der Waals surface area contributed by atoms with Gasteiger partial charge in [0.15, 0.2) is 0 Å². The van der Waals surface area contributed by atoms with Gasteiger partial charge in [-0.1, -0.05) is 12.1 Å². The summed E-state index contributed by atoms with van der Waals surface area (Å²) in [6.07, 6.45) is 1.79. The first-order valence-electron chi connectivity index (χ1n) is 3.94. The molecule has 5 heteroatoms. The van der Waals surface area contributed by atoms with Crippen LogP contribution in [0.4, 0.5) is 5.69 Å². The molecule has 0 saturated carbocycles. The van der Waals surface area contributed by atoms with Gasteiger partial charge in [-0.2, -0.15) is 0 Å². The fraction of sp³-hybridized carbons (Fsp3) is 0.222. The van der Waals surface area contributed by atoms with Crippen molar-refractivity contribution in [2.45, 2.75) is 0 Å². The number of rotatable bonds is 3. The number of benzene rings is 1. The second-order valence-electron chi connectivity index (χ2n) is 2.94. The Morgan fingerprint density at radius 1 is 1.36 bits per heavy atom. The highest BCUT2D eigenvalue weighted by Crippen LogP contribution is 2.15. The Morgan fingerprint density at radius 3 is 2.50 bits per heavy atom. The molecule has 0 radical (unpaired) electrons. The minimum atomic E-state index is -3.26. The molecule has 0 atom stereocenters. The van der Waals surface area contributed by atoms with Crippen molar-refractivity contribution in [1.29, 1.82) is 0 Å². The second-order valence-corrected chi connectivity index (χ2v) is 4.96. The topological polar surface area (TPSA) is 54.5 Å². The third-order valence-electron chi connectivity index (χ3n) is 1.87. The smallest absolute Gasteiger partial charge is 0.231 e. The van der Waals surface area contributed by atoms with E-state index in [1.54, 1.807) is 18.2 Å². The highest BCUT2D eigenvalue weighted by Gasteiger charge is 2.11. The Labute approximate surface area is 83.2 Å². The van der Waals surface area contributed by atoms with Crippen LogP contribution in [0.2, 0.25) is 0 Å². The molecule has 14 heavy (non-hydrogen) atoms. The molecule has 1 aromatic rings. The van der Waals surface area contributed by atoms with Crippen molar-refractivity contribution in [2.24, 2.45) is 0 Å². The molecule has 0 spiro atoms. The highest BCUT2D eigenvalue weighted by molar-refractivity contribution is 7.92. The quantitative estimate of drug-likeness (QED) is 0.701. The van der Waals surface area contributed by atoms with Gasteiger partial charge >= 0.3 is 0 Å². The number of hydrogen-bond donors (Lipinski definition) is 0. The van der Waals surface area contributed by atoms with Crippen LogP contribution in [0.1, 0.15) is 10.4 Å². The van der Waals surface area contributed by atoms with Crippen LogP contribution in [0.3, 0.4) is 0 Å². The van der Waals surface area contributed by atoms with Crippen LogP contribution in [0.5, 0.6) is 0 Å². The normalized spacial score (nSPS) is 11.0. The van der Waals surface area contributed by atoms with E-state index in [0.717, 1.165) is 10.6 Å². The van der Waals surface area contributed by atoms with E-state index in [1.165, 1.54) is 13.1 Å². The van der Waals surface area contributed by atoms with Crippen LogP contribution in [-0.2, 0) is 10.0 Å². The molecule has 0 aliphatic heterocycles. The standard InChI is InChI=1S/C9H11NO3S/c1-10(14(2,12)13)9-5-3-4-8(6-9)7-11/h3-7H,1-2H3. The van der Waals surface area contributed by atoms with Crippen LogP contribution in [0.15, 0.2) is 24.3 Å². The number of carbonyl (C=O) groups excluding carboxylic acids is 1. The lowest BCUT2D eigenvalue weighted by Crippen LogP contribution is -2.24. The molecule has 0 N–H and O–H groups in total. The van der Waals surface area contributed by atoms with Crippen LogP contribution >= 0.6 is 0 Å². The summed E-state index contributed by atoms with van der Waals surface area (Å²) in [5, 5.41) is 0. The Morgan fingerprint density at radius 2 is 2.00 bits per heavy atom. The van der Waals surface area contributed by atoms with Gasteiger partial charge in [0.2, 0.25) is 10.0 Å². The molecule has 0 fully saturated rings. The van der Waals surface area contributed by atoms with Crippen molar-refractivity contribution < 1.29 is 13.2 Å². The molecule has 0 amide bonds. The number of nitrogens with zero attached hydrogens (tertiary/aromatic N) is 1. The molecule has 0 saturated heterocycles. The zero-order chi connectivity index (χ0) is 10.8. The Kier molecular flexibility index (Phi) is 2.90. The zero-order valence-electron chi connectivity index (χ0n) is 7.97. The monoisotopic (exact) mass is 213 g/mol. The van der Waals surface area contributed by atoms with Crippen LogP contribution < -0.4 is 4.31 Å². The lowest BCUT2D eigenvalue weighted by atomic mass is 10.2. The maximum atomic E-state index is 11.2. The number of anilines is 1. The van der Waals surface area contributed by atoms with E-state index >= 15 is 0 Å². The molecule has 0 aliphatic carbocycles. The van der Waals surface area contributed by atoms with E-state index < -0.39 is 10.0 Å². The van der Waals surface area contributed by atoms with Gasteiger partial charge in [0.25, 0.3) is 0 Å². The van der Waals surface area contributed by atoms with E-state index in [2.05, 4.69) is 0 Å². The molecule has 1 aromatic carbocycles. The molecule has 0 aliphatic rings. The van der Waals surface area contributed by atoms with Crippen LogP contribution in [0.25, 0.3) is 0 Å². The van der Waals surface area contributed by atoms with Crippen molar-refractivity contribution in [3.05, 3.63) is 29.8 Å². The molecule has 0 aromatic heterocycles. The highest BCUT2D eigenvalue weighted by atomic mass is 32.2. The van der Waals surface area contributed by atoms with E-state index in [1.807, 2.05) is 0 Å². The molecule has 0 bridgehead atoms. The summed E-state index contributed by atoms with van der Waals surface area (Å²) in [6, 6.07) is 6.41. The molecule has 0 heterocycles. The molecule has 1 rings (SSSR count). The third kappa shape index (κ3) is 2.32. The minimum absolute atomic E-state index is 0.456. The summed E-state index contributed by atoms with van der Waals surface area (Å²) in [7, 11) is -1.82. The van der Waals surface area contributed by atoms with E-state index in [0.29, 0.717) is 17.5 Å². The van der Waals surface area contributed by atoms with Gasteiger partial charge < -0.3 is 0 Å². The summed E-state index contributed by atoms with van der Waals surface area (Å²) in [4.78, 5) is 10.5. The molecule has 4 nitrogen and oxygen atoms in total. The SMILES string of the molecule is CN(c1cccc(C=O)c1)S(C)(=O)=O. The Balaban J connectivity index is 3.14. The van der Waals surface area contributed by atoms with Crippen LogP contribution in [-0.4, -0.2) is 28.0 Å². The number of aldehydes is 1. The van der Waals surface area contributed by atoms with E-state index in [4.69, 9.17) is 0 Å². The number of carbonyl (C=O) groups is 1. The molecular weight excluding hydrogens is 202 g/mol. The fourth-order valence-corrected chi connectivity index (χ4v) is 1.48. The summed E-state index contributed by atoms with van der Waals surface area (Å²) in [5.41, 5.74) is 0.940. The molecule has 0 unspecified atom stereocenters. The maximum Gasteiger partial charge on any atom is 0.231 e. The fourth-order valence-electron chi connectivity index (χ4n) is 0.985. The predicted octanol–water partition coefficient (Wildman–Crippen LogP) is 0.895. The Hall–Kier alpha value is -1.36. The number of hydrogen-bond acceptors (Lipinski definition) is 3. The largest absolute Gasteiger partial charge is 0.298 e. The lowest BCUT2D eigenvalue weighted by Gasteiger charge is -2.16. The Bertz CT molecular complexity index is 439. The van der Waals surface area contributed by atoms with Gasteiger partial charge in [-0.3, -0.25) is 9.10 Å². The van der Waals surface area contributed by atoms with Gasteiger partial charge in [0, 0.05) is 12.6 Å². The summed E-state index contributed by atoms with van der Waals surface area (Å²) >= 11 is 0. The first-order chi connectivity index (χ1) is 6.45. The van der Waals surface area contributed by atoms with Crippen molar-refractivity contribution in [3.8, 4) is 0 Å². The maximum absolute atomic E-state index is 11.2. The van der Waals surface area contributed by atoms with Crippen molar-refractivity contribution in [1.82, 2.24) is 0 Å². The molecular formula is C9H11NO3S. The van der Waals surface area contributed by atoms with Gasteiger partial charge in [0.1, 0.15) is 6.29 Å². The lowest BCUT2D eigenvalue weighted by molar-refractivity contribution is 0.112. The summed E-state index contributed by atoms with van der Waals surface area (Å²) < 4.78 is 23.5. The second kappa shape index (κ2) is 3.79. The number of sulfonamides is 1. The average Bonchev–Trinajstić information content (AvgIpc) is 2.15. The van der Waals surface area contributed by atoms with Gasteiger partial charge in [-0.25, -0.2) is 8.42 Å². The van der Waals surface area contributed by atoms with Gasteiger partial charge in [-0.05, 0) is 12.1 Å². The molecule has 76 valence electrons. The minimum Gasteiger partial charge on any atom is -0.298 e. The van der Waals surface area contributed by atoms with E-state index in [-0.39, 0.29) is 0 Å². The first-order valence-corrected chi connectivity index (χ1v) is 5.79. The van der Waals surface area contributed by atoms with Crippen LogP contribution in [0, 0.1) is 0 Å². The van der Waals surface area contributed by atoms with Gasteiger partial charge in [-0.15, -0.1) is 0 Å². The van der Waals surface area contributed by atoms with Crippen molar-refractivity contribution in [2.75, 3.05) is 17.6 Å². The van der Waals surface area contributed by atoms with Crippen molar-refractivity contribution in [3.63, 3.8) is 0 Å². The third-order valence-corrected chi connectivity index (χ3v) is 3.07. The first kappa shape index (κ1) is 10.7.